The van der Waals surface area contributed by atoms with Crippen molar-refractivity contribution in [2.75, 3.05) is 26.7 Å². The number of nitrogens with one attached hydrogen (secondary N) is 2. The van der Waals surface area contributed by atoms with E-state index >= 15 is 0 Å². The minimum Gasteiger partial charge on any atom is -0.493 e. The van der Waals surface area contributed by atoms with Crippen molar-refractivity contribution in [3.05, 3.63) is 59.7 Å². The molecule has 2 N–H and O–H groups in total. The van der Waals surface area contributed by atoms with Crippen LogP contribution in [0.4, 0.5) is 0 Å². The highest BCUT2D eigenvalue weighted by Crippen LogP contribution is 2.25. The number of guanidine groups is 1. The predicted octanol–water partition coefficient (Wildman–Crippen LogP) is 3.41. The minimum atomic E-state index is 0. The van der Waals surface area contributed by atoms with Crippen molar-refractivity contribution < 1.29 is 9.47 Å². The van der Waals surface area contributed by atoms with E-state index in [4.69, 9.17) is 9.47 Å². The Morgan fingerprint density at radius 2 is 2.00 bits per heavy atom. The molecule has 1 aliphatic rings. The van der Waals surface area contributed by atoms with Crippen LogP contribution in [0.1, 0.15) is 18.1 Å². The summed E-state index contributed by atoms with van der Waals surface area (Å²) in [4.78, 5) is 4.27. The number of halogens is 1. The SMILES string of the molecule is CN=C(NCCc1ccc2c(c1)CCO2)NCC(C)Oc1ccccc1.I. The van der Waals surface area contributed by atoms with Crippen LogP contribution in [-0.2, 0) is 12.8 Å². The van der Waals surface area contributed by atoms with Crippen molar-refractivity contribution in [3.63, 3.8) is 0 Å². The molecule has 1 atom stereocenters. The van der Waals surface area contributed by atoms with Crippen molar-refractivity contribution in [1.29, 1.82) is 0 Å². The van der Waals surface area contributed by atoms with E-state index < -0.39 is 0 Å². The molecule has 146 valence electrons. The van der Waals surface area contributed by atoms with Crippen molar-refractivity contribution in [3.8, 4) is 11.5 Å². The molecule has 0 aliphatic carbocycles. The van der Waals surface area contributed by atoms with E-state index in [-0.39, 0.29) is 30.1 Å². The molecule has 0 aromatic heterocycles. The second-order valence-corrected chi connectivity index (χ2v) is 6.41. The molecule has 0 spiro atoms. The molecule has 2 aromatic rings. The van der Waals surface area contributed by atoms with Gasteiger partial charge in [0.1, 0.15) is 17.6 Å². The van der Waals surface area contributed by atoms with Crippen LogP contribution in [-0.4, -0.2) is 38.8 Å². The summed E-state index contributed by atoms with van der Waals surface area (Å²) in [6.45, 7) is 4.36. The Hall–Kier alpha value is -1.96. The maximum Gasteiger partial charge on any atom is 0.191 e. The van der Waals surface area contributed by atoms with E-state index in [0.29, 0.717) is 6.54 Å². The Morgan fingerprint density at radius 3 is 2.78 bits per heavy atom. The number of rotatable bonds is 7. The quantitative estimate of drug-likeness (QED) is 0.362. The molecule has 0 saturated heterocycles. The molecular weight excluding hydrogens is 453 g/mol. The Morgan fingerprint density at radius 1 is 1.19 bits per heavy atom. The van der Waals surface area contributed by atoms with Crippen molar-refractivity contribution in [2.24, 2.45) is 4.99 Å². The molecule has 2 aromatic carbocycles. The van der Waals surface area contributed by atoms with Gasteiger partial charge in [0, 0.05) is 20.0 Å². The summed E-state index contributed by atoms with van der Waals surface area (Å²) >= 11 is 0. The van der Waals surface area contributed by atoms with Crippen LogP contribution in [0, 0.1) is 0 Å². The van der Waals surface area contributed by atoms with Gasteiger partial charge in [-0.1, -0.05) is 30.3 Å². The molecule has 1 unspecified atom stereocenters. The number of para-hydroxylation sites is 1. The van der Waals surface area contributed by atoms with Crippen molar-refractivity contribution >= 4 is 29.9 Å². The van der Waals surface area contributed by atoms with Gasteiger partial charge in [0.25, 0.3) is 0 Å². The van der Waals surface area contributed by atoms with Crippen LogP contribution in [0.15, 0.2) is 53.5 Å². The summed E-state index contributed by atoms with van der Waals surface area (Å²) < 4.78 is 11.4. The number of ether oxygens (including phenoxy) is 2. The molecule has 0 bridgehead atoms. The summed E-state index contributed by atoms with van der Waals surface area (Å²) in [5, 5.41) is 6.67. The zero-order valence-electron chi connectivity index (χ0n) is 15.9. The summed E-state index contributed by atoms with van der Waals surface area (Å²) in [5.74, 6) is 2.70. The Bertz CT molecular complexity index is 737. The van der Waals surface area contributed by atoms with E-state index in [2.05, 4.69) is 33.8 Å². The van der Waals surface area contributed by atoms with Gasteiger partial charge in [-0.25, -0.2) is 0 Å². The number of aliphatic imine (C=N–C) groups is 1. The first-order valence-corrected chi connectivity index (χ1v) is 9.15. The van der Waals surface area contributed by atoms with E-state index in [9.17, 15) is 0 Å². The standard InChI is InChI=1S/C21H27N3O2.HI/c1-16(26-19-6-4-3-5-7-19)15-24-21(22-2)23-12-10-17-8-9-20-18(14-17)11-13-25-20;/h3-9,14,16H,10-13,15H2,1-2H3,(H2,22,23,24);1H. The fourth-order valence-electron chi connectivity index (χ4n) is 2.95. The lowest BCUT2D eigenvalue weighted by Crippen LogP contribution is -2.42. The third-order valence-electron chi connectivity index (χ3n) is 4.32. The van der Waals surface area contributed by atoms with Gasteiger partial charge in [0.15, 0.2) is 5.96 Å². The lowest BCUT2D eigenvalue weighted by molar-refractivity contribution is 0.224. The zero-order valence-corrected chi connectivity index (χ0v) is 18.2. The Kier molecular flexibility index (Phi) is 8.71. The third kappa shape index (κ3) is 6.61. The van der Waals surface area contributed by atoms with Gasteiger partial charge in [-0.15, -0.1) is 24.0 Å². The molecule has 1 heterocycles. The number of fused-ring (bicyclic) bond motifs is 1. The average Bonchev–Trinajstić information content (AvgIpc) is 3.13. The van der Waals surface area contributed by atoms with E-state index in [1.165, 1.54) is 11.1 Å². The summed E-state index contributed by atoms with van der Waals surface area (Å²) in [6, 6.07) is 16.3. The van der Waals surface area contributed by atoms with Crippen molar-refractivity contribution in [1.82, 2.24) is 10.6 Å². The van der Waals surface area contributed by atoms with Gasteiger partial charge in [-0.05, 0) is 42.7 Å². The molecule has 1 aliphatic heterocycles. The molecule has 5 nitrogen and oxygen atoms in total. The topological polar surface area (TPSA) is 54.9 Å². The minimum absolute atomic E-state index is 0. The van der Waals surface area contributed by atoms with Crippen LogP contribution >= 0.6 is 24.0 Å². The number of hydrogen-bond donors (Lipinski definition) is 2. The lowest BCUT2D eigenvalue weighted by Gasteiger charge is -2.17. The maximum absolute atomic E-state index is 5.87. The molecular formula is C21H28IN3O2. The smallest absolute Gasteiger partial charge is 0.191 e. The van der Waals surface area contributed by atoms with Crippen LogP contribution < -0.4 is 20.1 Å². The highest BCUT2D eigenvalue weighted by Gasteiger charge is 2.12. The van der Waals surface area contributed by atoms with Gasteiger partial charge in [-0.2, -0.15) is 0 Å². The predicted molar refractivity (Wildman–Crippen MR) is 121 cm³/mol. The number of hydrogen-bond acceptors (Lipinski definition) is 3. The monoisotopic (exact) mass is 481 g/mol. The molecule has 3 rings (SSSR count). The van der Waals surface area contributed by atoms with Crippen LogP contribution in [0.3, 0.4) is 0 Å². The van der Waals surface area contributed by atoms with Crippen molar-refractivity contribution in [2.45, 2.75) is 25.9 Å². The highest BCUT2D eigenvalue weighted by atomic mass is 127. The molecule has 27 heavy (non-hydrogen) atoms. The molecule has 6 heteroatoms. The molecule has 0 radical (unpaired) electrons. The van der Waals surface area contributed by atoms with Gasteiger partial charge >= 0.3 is 0 Å². The second-order valence-electron chi connectivity index (χ2n) is 6.41. The largest absolute Gasteiger partial charge is 0.493 e. The third-order valence-corrected chi connectivity index (χ3v) is 4.32. The molecule has 0 amide bonds. The molecule has 0 saturated carbocycles. The van der Waals surface area contributed by atoms with Gasteiger partial charge < -0.3 is 20.1 Å². The van der Waals surface area contributed by atoms with Gasteiger partial charge in [0.2, 0.25) is 0 Å². The van der Waals surface area contributed by atoms with E-state index in [1.807, 2.05) is 37.3 Å². The van der Waals surface area contributed by atoms with E-state index in [0.717, 1.165) is 43.5 Å². The highest BCUT2D eigenvalue weighted by molar-refractivity contribution is 14.0. The Balaban J connectivity index is 0.00000261. The van der Waals surface area contributed by atoms with Crippen LogP contribution in [0.2, 0.25) is 0 Å². The normalized spacial score (nSPS) is 13.8. The van der Waals surface area contributed by atoms with Gasteiger partial charge in [0.05, 0.1) is 13.2 Å². The summed E-state index contributed by atoms with van der Waals surface area (Å²) in [5.41, 5.74) is 2.63. The van der Waals surface area contributed by atoms with Crippen LogP contribution in [0.5, 0.6) is 11.5 Å². The summed E-state index contributed by atoms with van der Waals surface area (Å²) in [6.07, 6.45) is 2.01. The zero-order chi connectivity index (χ0) is 18.2. The lowest BCUT2D eigenvalue weighted by atomic mass is 10.1. The van der Waals surface area contributed by atoms with Crippen LogP contribution in [0.25, 0.3) is 0 Å². The number of benzene rings is 2. The molecule has 0 fully saturated rings. The summed E-state index contributed by atoms with van der Waals surface area (Å²) in [7, 11) is 1.78. The average molecular weight is 481 g/mol. The fourth-order valence-corrected chi connectivity index (χ4v) is 2.95. The first-order valence-electron chi connectivity index (χ1n) is 9.15. The number of nitrogens with zero attached hydrogens (tertiary/aromatic N) is 1. The van der Waals surface area contributed by atoms with Gasteiger partial charge in [-0.3, -0.25) is 4.99 Å². The first-order chi connectivity index (χ1) is 12.7. The maximum atomic E-state index is 5.87. The first kappa shape index (κ1) is 21.3. The fraction of sp³-hybridized carbons (Fsp3) is 0.381. The van der Waals surface area contributed by atoms with E-state index in [1.54, 1.807) is 7.05 Å². The Labute approximate surface area is 178 Å². The second kappa shape index (κ2) is 11.0.